The van der Waals surface area contributed by atoms with Gasteiger partial charge in [0.05, 0.1) is 11.8 Å². The van der Waals surface area contributed by atoms with Crippen molar-refractivity contribution in [3.05, 3.63) is 47.5 Å². The van der Waals surface area contributed by atoms with Crippen molar-refractivity contribution < 1.29 is 14.4 Å². The van der Waals surface area contributed by atoms with Gasteiger partial charge in [0.25, 0.3) is 0 Å². The highest BCUT2D eigenvalue weighted by Gasteiger charge is 2.59. The lowest BCUT2D eigenvalue weighted by Gasteiger charge is -2.30. The summed E-state index contributed by atoms with van der Waals surface area (Å²) in [5.41, 5.74) is 2.30. The van der Waals surface area contributed by atoms with Gasteiger partial charge in [-0.25, -0.2) is 0 Å². The van der Waals surface area contributed by atoms with E-state index in [0.717, 1.165) is 37.5 Å². The molecule has 164 valence electrons. The predicted molar refractivity (Wildman–Crippen MR) is 116 cm³/mol. The molecule has 3 fully saturated rings. The van der Waals surface area contributed by atoms with E-state index in [1.165, 1.54) is 23.3 Å². The number of likely N-dealkylation sites (tertiary alicyclic amines) is 2. The first-order valence-corrected chi connectivity index (χ1v) is 11.6. The average Bonchev–Trinajstić information content (AvgIpc) is 3.44. The van der Waals surface area contributed by atoms with Crippen LogP contribution in [-0.4, -0.2) is 47.2 Å². The number of nitrogens with one attached hydrogen (secondary N) is 1. The molecule has 1 aromatic carbocycles. The molecule has 0 aromatic heterocycles. The highest BCUT2D eigenvalue weighted by molar-refractivity contribution is 6.08. The van der Waals surface area contributed by atoms with Crippen LogP contribution in [0.4, 0.5) is 0 Å². The van der Waals surface area contributed by atoms with Gasteiger partial charge in [-0.3, -0.25) is 24.2 Å². The van der Waals surface area contributed by atoms with Crippen LogP contribution in [0.2, 0.25) is 0 Å². The number of hydrogen-bond donors (Lipinski definition) is 1. The third kappa shape index (κ3) is 3.93. The van der Waals surface area contributed by atoms with Crippen molar-refractivity contribution in [3.63, 3.8) is 0 Å². The number of piperidine rings is 1. The van der Waals surface area contributed by atoms with E-state index in [1.807, 2.05) is 12.1 Å². The van der Waals surface area contributed by atoms with Crippen LogP contribution in [0.15, 0.2) is 36.4 Å². The van der Waals surface area contributed by atoms with Crippen LogP contribution in [-0.2, 0) is 27.5 Å². The van der Waals surface area contributed by atoms with Gasteiger partial charge in [0, 0.05) is 19.6 Å². The number of amides is 3. The van der Waals surface area contributed by atoms with Crippen molar-refractivity contribution in [1.29, 1.82) is 0 Å². The van der Waals surface area contributed by atoms with E-state index >= 15 is 0 Å². The normalized spacial score (nSPS) is 32.0. The summed E-state index contributed by atoms with van der Waals surface area (Å²) in [4.78, 5) is 41.5. The van der Waals surface area contributed by atoms with Crippen LogP contribution in [0, 0.1) is 29.6 Å². The molecule has 2 saturated heterocycles. The quantitative estimate of drug-likeness (QED) is 0.566. The Bertz CT molecular complexity index is 879. The molecule has 4 aliphatic rings. The van der Waals surface area contributed by atoms with Crippen molar-refractivity contribution >= 4 is 17.7 Å². The third-order valence-electron chi connectivity index (χ3n) is 7.52. The lowest BCUT2D eigenvalue weighted by Crippen LogP contribution is -2.41. The van der Waals surface area contributed by atoms with Crippen LogP contribution in [0.5, 0.6) is 0 Å². The first-order valence-electron chi connectivity index (χ1n) is 11.6. The molecule has 1 aromatic rings. The van der Waals surface area contributed by atoms with E-state index in [2.05, 4.69) is 41.4 Å². The Balaban J connectivity index is 1.11. The van der Waals surface area contributed by atoms with E-state index < -0.39 is 0 Å². The minimum Gasteiger partial charge on any atom is -0.350 e. The standard InChI is InChI=1S/C25H31N3O3/c1-16-3-2-10-27(13-16)14-18-6-4-17(5-7-18)12-26-21(29)15-28-24(30)22-19-8-9-20(11-19)23(22)25(28)31/h4-9,16,19-20,22-23H,2-3,10-15H2,1H3,(H,26,29)/t16-,19-,20+,22-,23+/m0/s1. The third-order valence-corrected chi connectivity index (χ3v) is 7.52. The molecule has 0 spiro atoms. The van der Waals surface area contributed by atoms with Crippen molar-refractivity contribution in [1.82, 2.24) is 15.1 Å². The van der Waals surface area contributed by atoms with E-state index in [9.17, 15) is 14.4 Å². The lowest BCUT2D eigenvalue weighted by atomic mass is 9.85. The summed E-state index contributed by atoms with van der Waals surface area (Å²) in [5.74, 6) is 0.00236. The lowest BCUT2D eigenvalue weighted by molar-refractivity contribution is -0.144. The van der Waals surface area contributed by atoms with Crippen LogP contribution in [0.25, 0.3) is 0 Å². The summed E-state index contributed by atoms with van der Waals surface area (Å²) < 4.78 is 0. The van der Waals surface area contributed by atoms with Gasteiger partial charge in [0.2, 0.25) is 17.7 Å². The molecule has 3 amide bonds. The molecule has 6 heteroatoms. The van der Waals surface area contributed by atoms with Crippen LogP contribution >= 0.6 is 0 Å². The summed E-state index contributed by atoms with van der Waals surface area (Å²) >= 11 is 0. The molecule has 0 unspecified atom stereocenters. The first kappa shape index (κ1) is 20.4. The average molecular weight is 422 g/mol. The molecule has 5 atom stereocenters. The van der Waals surface area contributed by atoms with Gasteiger partial charge in [0.15, 0.2) is 0 Å². The Morgan fingerprint density at radius 1 is 1.03 bits per heavy atom. The van der Waals surface area contributed by atoms with Gasteiger partial charge in [-0.15, -0.1) is 0 Å². The molecule has 1 N–H and O–H groups in total. The number of carbonyl (C=O) groups is 3. The van der Waals surface area contributed by atoms with Crippen LogP contribution in [0.1, 0.15) is 37.3 Å². The molecule has 5 rings (SSSR count). The summed E-state index contributed by atoms with van der Waals surface area (Å²) in [6, 6.07) is 8.34. The number of hydrogen-bond acceptors (Lipinski definition) is 4. The van der Waals surface area contributed by atoms with E-state index in [1.54, 1.807) is 0 Å². The summed E-state index contributed by atoms with van der Waals surface area (Å²) in [5, 5.41) is 2.87. The van der Waals surface area contributed by atoms with Crippen LogP contribution < -0.4 is 5.32 Å². The van der Waals surface area contributed by atoms with Crippen molar-refractivity contribution in [3.8, 4) is 0 Å². The summed E-state index contributed by atoms with van der Waals surface area (Å²) in [6.45, 7) is 5.83. The second-order valence-corrected chi connectivity index (χ2v) is 9.84. The number of benzene rings is 1. The molecular formula is C25H31N3O3. The Morgan fingerprint density at radius 3 is 2.32 bits per heavy atom. The van der Waals surface area contributed by atoms with Crippen molar-refractivity contribution in [2.75, 3.05) is 19.6 Å². The molecule has 2 bridgehead atoms. The first-order chi connectivity index (χ1) is 15.0. The molecule has 0 radical (unpaired) electrons. The zero-order valence-corrected chi connectivity index (χ0v) is 18.1. The zero-order chi connectivity index (χ0) is 21.5. The largest absolute Gasteiger partial charge is 0.350 e. The summed E-state index contributed by atoms with van der Waals surface area (Å²) in [6.07, 6.45) is 7.63. The van der Waals surface area contributed by atoms with Crippen molar-refractivity contribution in [2.24, 2.45) is 29.6 Å². The Kier molecular flexibility index (Phi) is 5.42. The topological polar surface area (TPSA) is 69.7 Å². The van der Waals surface area contributed by atoms with Gasteiger partial charge in [0.1, 0.15) is 6.54 Å². The predicted octanol–water partition coefficient (Wildman–Crippen LogP) is 2.34. The number of carbonyl (C=O) groups excluding carboxylic acids is 3. The maximum atomic E-state index is 12.7. The van der Waals surface area contributed by atoms with Crippen LogP contribution in [0.3, 0.4) is 0 Å². The smallest absolute Gasteiger partial charge is 0.240 e. The number of nitrogens with zero attached hydrogens (tertiary/aromatic N) is 2. The van der Waals surface area contributed by atoms with Gasteiger partial charge < -0.3 is 5.32 Å². The second-order valence-electron chi connectivity index (χ2n) is 9.84. The summed E-state index contributed by atoms with van der Waals surface area (Å²) in [7, 11) is 0. The fourth-order valence-corrected chi connectivity index (χ4v) is 5.97. The van der Waals surface area contributed by atoms with Gasteiger partial charge in [-0.05, 0) is 54.7 Å². The van der Waals surface area contributed by atoms with Crippen molar-refractivity contribution in [2.45, 2.75) is 39.3 Å². The maximum absolute atomic E-state index is 12.7. The zero-order valence-electron chi connectivity index (χ0n) is 18.1. The van der Waals surface area contributed by atoms with E-state index in [-0.39, 0.29) is 47.9 Å². The molecule has 2 heterocycles. The molecule has 6 nitrogen and oxygen atoms in total. The SMILES string of the molecule is C[C@H]1CCCN(Cc2ccc(CNC(=O)CN3C(=O)[C@@H]4[C@H](C3=O)[C@@H]3C=C[C@H]4C3)cc2)C1. The number of rotatable bonds is 6. The van der Waals surface area contributed by atoms with Gasteiger partial charge in [-0.2, -0.15) is 0 Å². The van der Waals surface area contributed by atoms with Gasteiger partial charge in [-0.1, -0.05) is 43.3 Å². The molecule has 31 heavy (non-hydrogen) atoms. The molecule has 2 aliphatic heterocycles. The highest BCUT2D eigenvalue weighted by Crippen LogP contribution is 2.52. The maximum Gasteiger partial charge on any atom is 0.240 e. The minimum absolute atomic E-state index is 0.168. The van der Waals surface area contributed by atoms with Gasteiger partial charge >= 0.3 is 0 Å². The fraction of sp³-hybridized carbons (Fsp3) is 0.560. The number of fused-ring (bicyclic) bond motifs is 5. The highest BCUT2D eigenvalue weighted by atomic mass is 16.2. The molecule has 2 aliphatic carbocycles. The molecular weight excluding hydrogens is 390 g/mol. The number of allylic oxidation sites excluding steroid dienone is 2. The Hall–Kier alpha value is -2.47. The minimum atomic E-state index is -0.284. The van der Waals surface area contributed by atoms with E-state index in [0.29, 0.717) is 6.54 Å². The Labute approximate surface area is 183 Å². The molecule has 1 saturated carbocycles. The second kappa shape index (κ2) is 8.23. The monoisotopic (exact) mass is 421 g/mol. The number of imide groups is 1. The Morgan fingerprint density at radius 2 is 1.68 bits per heavy atom. The fourth-order valence-electron chi connectivity index (χ4n) is 5.97. The van der Waals surface area contributed by atoms with E-state index in [4.69, 9.17) is 0 Å².